The van der Waals surface area contributed by atoms with Crippen molar-refractivity contribution in [2.24, 2.45) is 5.73 Å². The zero-order valence-electron chi connectivity index (χ0n) is 9.93. The lowest BCUT2D eigenvalue weighted by Gasteiger charge is -2.25. The molecule has 1 aliphatic heterocycles. The van der Waals surface area contributed by atoms with Gasteiger partial charge in [-0.3, -0.25) is 4.79 Å². The van der Waals surface area contributed by atoms with Crippen molar-refractivity contribution in [3.8, 4) is 0 Å². The molecule has 1 aliphatic rings. The molecule has 18 heavy (non-hydrogen) atoms. The van der Waals surface area contributed by atoms with Crippen molar-refractivity contribution in [3.63, 3.8) is 0 Å². The quantitative estimate of drug-likeness (QED) is 0.883. The van der Waals surface area contributed by atoms with Crippen LogP contribution in [0.4, 0.5) is 5.13 Å². The lowest BCUT2D eigenvalue weighted by molar-refractivity contribution is -0.138. The van der Waals surface area contributed by atoms with Crippen LogP contribution in [0.1, 0.15) is 24.1 Å². The molecule has 1 aromatic rings. The molecule has 1 fully saturated rings. The summed E-state index contributed by atoms with van der Waals surface area (Å²) in [5.74, 6) is -1.01. The highest BCUT2D eigenvalue weighted by atomic mass is 35.5. The van der Waals surface area contributed by atoms with Crippen LogP contribution < -0.4 is 10.6 Å². The number of rotatable bonds is 4. The van der Waals surface area contributed by atoms with Gasteiger partial charge in [0.1, 0.15) is 11.2 Å². The summed E-state index contributed by atoms with van der Waals surface area (Å²) in [6, 6.07) is -0.919. The smallest absolute Gasteiger partial charge is 0.320 e. The molecule has 1 atom stereocenters. The van der Waals surface area contributed by atoms with Gasteiger partial charge in [0, 0.05) is 24.4 Å². The van der Waals surface area contributed by atoms with E-state index >= 15 is 0 Å². The van der Waals surface area contributed by atoms with Gasteiger partial charge in [-0.1, -0.05) is 11.6 Å². The molecular weight excluding hydrogens is 274 g/mol. The van der Waals surface area contributed by atoms with Gasteiger partial charge in [0.2, 0.25) is 0 Å². The van der Waals surface area contributed by atoms with Gasteiger partial charge in [0.05, 0.1) is 0 Å². The number of aromatic nitrogens is 1. The molecule has 7 heteroatoms. The van der Waals surface area contributed by atoms with Crippen LogP contribution in [0.25, 0.3) is 0 Å². The predicted molar refractivity (Wildman–Crippen MR) is 72.5 cm³/mol. The second kappa shape index (κ2) is 5.86. The van der Waals surface area contributed by atoms with Crippen LogP contribution >= 0.6 is 22.9 Å². The number of aliphatic carboxylic acids is 1. The molecule has 3 N–H and O–H groups in total. The summed E-state index contributed by atoms with van der Waals surface area (Å²) in [4.78, 5) is 18.0. The topological polar surface area (TPSA) is 79.5 Å². The zero-order chi connectivity index (χ0) is 13.1. The first-order valence-electron chi connectivity index (χ1n) is 5.96. The highest BCUT2D eigenvalue weighted by Gasteiger charge is 2.20. The Kier molecular flexibility index (Phi) is 4.42. The molecule has 0 aliphatic carbocycles. The van der Waals surface area contributed by atoms with Gasteiger partial charge < -0.3 is 15.7 Å². The Bertz CT molecular complexity index is 432. The fourth-order valence-corrected chi connectivity index (χ4v) is 3.34. The molecule has 0 spiro atoms. The SMILES string of the molecule is NC(Cc1sc(N2CCCCC2)nc1Cl)C(=O)O. The number of thiazole rings is 1. The van der Waals surface area contributed by atoms with Crippen molar-refractivity contribution >= 4 is 34.0 Å². The average molecular weight is 290 g/mol. The summed E-state index contributed by atoms with van der Waals surface area (Å²) in [5.41, 5.74) is 5.51. The van der Waals surface area contributed by atoms with Crippen LogP contribution in [-0.4, -0.2) is 35.2 Å². The molecule has 0 saturated carbocycles. The lowest BCUT2D eigenvalue weighted by atomic mass is 10.1. The van der Waals surface area contributed by atoms with Crippen LogP contribution in [0.15, 0.2) is 0 Å². The van der Waals surface area contributed by atoms with Crippen LogP contribution in [0.5, 0.6) is 0 Å². The maximum absolute atomic E-state index is 10.7. The molecule has 5 nitrogen and oxygen atoms in total. The molecule has 2 rings (SSSR count). The van der Waals surface area contributed by atoms with Crippen LogP contribution in [-0.2, 0) is 11.2 Å². The maximum atomic E-state index is 10.7. The Morgan fingerprint density at radius 1 is 1.50 bits per heavy atom. The van der Waals surface area contributed by atoms with E-state index in [1.807, 2.05) is 0 Å². The fraction of sp³-hybridized carbons (Fsp3) is 0.636. The minimum absolute atomic E-state index is 0.236. The monoisotopic (exact) mass is 289 g/mol. The summed E-state index contributed by atoms with van der Waals surface area (Å²) in [5, 5.41) is 10.1. The second-order valence-corrected chi connectivity index (χ2v) is 5.83. The van der Waals surface area contributed by atoms with Gasteiger partial charge >= 0.3 is 5.97 Å². The van der Waals surface area contributed by atoms with Crippen molar-refractivity contribution in [2.45, 2.75) is 31.7 Å². The summed E-state index contributed by atoms with van der Waals surface area (Å²) in [7, 11) is 0. The van der Waals surface area contributed by atoms with E-state index in [1.54, 1.807) is 0 Å². The molecule has 0 bridgehead atoms. The van der Waals surface area contributed by atoms with Crippen molar-refractivity contribution in [3.05, 3.63) is 10.0 Å². The first kappa shape index (κ1) is 13.6. The second-order valence-electron chi connectivity index (χ2n) is 4.41. The molecule has 1 saturated heterocycles. The van der Waals surface area contributed by atoms with E-state index in [9.17, 15) is 4.79 Å². The normalized spacial score (nSPS) is 17.8. The molecule has 1 unspecified atom stereocenters. The van der Waals surface area contributed by atoms with Gasteiger partial charge in [-0.05, 0) is 19.3 Å². The Morgan fingerprint density at radius 2 is 2.17 bits per heavy atom. The number of piperidine rings is 1. The van der Waals surface area contributed by atoms with Gasteiger partial charge in [-0.15, -0.1) is 11.3 Å². The molecule has 0 aromatic carbocycles. The van der Waals surface area contributed by atoms with E-state index in [1.165, 1.54) is 30.6 Å². The minimum Gasteiger partial charge on any atom is -0.480 e. The Labute approximate surface area is 115 Å². The standard InChI is InChI=1S/C11H16ClN3O2S/c12-9-8(6-7(13)10(16)17)18-11(14-9)15-4-2-1-3-5-15/h7H,1-6,13H2,(H,16,17). The number of nitrogens with zero attached hydrogens (tertiary/aromatic N) is 2. The number of carboxylic acid groups (broad SMARTS) is 1. The molecule has 2 heterocycles. The van der Waals surface area contributed by atoms with E-state index in [0.717, 1.165) is 23.1 Å². The largest absolute Gasteiger partial charge is 0.480 e. The third kappa shape index (κ3) is 3.13. The molecule has 0 radical (unpaired) electrons. The van der Waals surface area contributed by atoms with Crippen LogP contribution in [0.3, 0.4) is 0 Å². The summed E-state index contributed by atoms with van der Waals surface area (Å²) < 4.78 is 0. The minimum atomic E-state index is -1.01. The Morgan fingerprint density at radius 3 is 2.78 bits per heavy atom. The molecular formula is C11H16ClN3O2S. The predicted octanol–water partition coefficient (Wildman–Crippen LogP) is 1.74. The van der Waals surface area contributed by atoms with Gasteiger partial charge in [0.25, 0.3) is 0 Å². The van der Waals surface area contributed by atoms with Crippen molar-refractivity contribution in [1.82, 2.24) is 4.98 Å². The highest BCUT2D eigenvalue weighted by Crippen LogP contribution is 2.31. The maximum Gasteiger partial charge on any atom is 0.320 e. The van der Waals surface area contributed by atoms with Gasteiger partial charge in [-0.25, -0.2) is 4.98 Å². The van der Waals surface area contributed by atoms with Gasteiger partial charge in [0.15, 0.2) is 5.13 Å². The zero-order valence-corrected chi connectivity index (χ0v) is 11.5. The van der Waals surface area contributed by atoms with Gasteiger partial charge in [-0.2, -0.15) is 0 Å². The van der Waals surface area contributed by atoms with E-state index < -0.39 is 12.0 Å². The van der Waals surface area contributed by atoms with Crippen LogP contribution in [0, 0.1) is 0 Å². The van der Waals surface area contributed by atoms with E-state index in [-0.39, 0.29) is 6.42 Å². The summed E-state index contributed by atoms with van der Waals surface area (Å²) >= 11 is 7.49. The lowest BCUT2D eigenvalue weighted by Crippen LogP contribution is -2.32. The fourth-order valence-electron chi connectivity index (χ4n) is 1.95. The Balaban J connectivity index is 2.08. The Hall–Kier alpha value is -0.850. The molecule has 100 valence electrons. The number of halogens is 1. The number of carbonyl (C=O) groups is 1. The number of carboxylic acids is 1. The average Bonchev–Trinajstić information content (AvgIpc) is 2.72. The molecule has 1 aromatic heterocycles. The van der Waals surface area contributed by atoms with E-state index in [2.05, 4.69) is 9.88 Å². The molecule has 0 amide bonds. The number of anilines is 1. The number of hydrogen-bond donors (Lipinski definition) is 2. The highest BCUT2D eigenvalue weighted by molar-refractivity contribution is 7.16. The first-order chi connectivity index (χ1) is 8.58. The number of nitrogens with two attached hydrogens (primary N) is 1. The summed E-state index contributed by atoms with van der Waals surface area (Å²) in [6.45, 7) is 1.99. The first-order valence-corrected chi connectivity index (χ1v) is 7.16. The third-order valence-electron chi connectivity index (χ3n) is 2.99. The third-order valence-corrected chi connectivity index (χ3v) is 4.55. The van der Waals surface area contributed by atoms with E-state index in [0.29, 0.717) is 5.15 Å². The number of hydrogen-bond acceptors (Lipinski definition) is 5. The van der Waals surface area contributed by atoms with Crippen LogP contribution in [0.2, 0.25) is 5.15 Å². The van der Waals surface area contributed by atoms with Crippen molar-refractivity contribution in [2.75, 3.05) is 18.0 Å². The van der Waals surface area contributed by atoms with Crippen molar-refractivity contribution in [1.29, 1.82) is 0 Å². The van der Waals surface area contributed by atoms with Crippen molar-refractivity contribution < 1.29 is 9.90 Å². The summed E-state index contributed by atoms with van der Waals surface area (Å²) in [6.07, 6.45) is 3.83. The van der Waals surface area contributed by atoms with E-state index in [4.69, 9.17) is 22.4 Å².